The first-order chi connectivity index (χ1) is 15.3. The van der Waals surface area contributed by atoms with Crippen molar-refractivity contribution in [3.8, 4) is 5.75 Å². The van der Waals surface area contributed by atoms with Crippen molar-refractivity contribution in [2.75, 3.05) is 4.90 Å². The number of carbonyl (C=O) groups is 3. The third-order valence-corrected chi connectivity index (χ3v) is 5.42. The van der Waals surface area contributed by atoms with Gasteiger partial charge in [0.2, 0.25) is 0 Å². The van der Waals surface area contributed by atoms with Gasteiger partial charge >= 0.3 is 5.97 Å². The summed E-state index contributed by atoms with van der Waals surface area (Å²) in [6.45, 7) is 0. The Labute approximate surface area is 187 Å². The van der Waals surface area contributed by atoms with Gasteiger partial charge in [-0.2, -0.15) is 0 Å². The number of hydrogen-bond acceptors (Lipinski definition) is 5. The molecule has 1 atom stereocenters. The van der Waals surface area contributed by atoms with Gasteiger partial charge in [0.15, 0.2) is 0 Å². The molecular formula is C24H16ClNO6. The second-order valence-corrected chi connectivity index (χ2v) is 7.53. The molecule has 1 heterocycles. The maximum absolute atomic E-state index is 13.1. The highest BCUT2D eigenvalue weighted by Gasteiger charge is 2.47. The van der Waals surface area contributed by atoms with Gasteiger partial charge in [0.05, 0.1) is 11.6 Å². The Kier molecular flexibility index (Phi) is 5.42. The third-order valence-electron chi connectivity index (χ3n) is 5.17. The summed E-state index contributed by atoms with van der Waals surface area (Å²) in [7, 11) is 0. The molecule has 3 N–H and O–H groups in total. The lowest BCUT2D eigenvalue weighted by molar-refractivity contribution is -0.132. The number of aromatic carboxylic acids is 1. The van der Waals surface area contributed by atoms with Crippen LogP contribution in [0.4, 0.5) is 5.69 Å². The number of benzene rings is 3. The highest BCUT2D eigenvalue weighted by atomic mass is 35.5. The summed E-state index contributed by atoms with van der Waals surface area (Å²) < 4.78 is 0. The van der Waals surface area contributed by atoms with Crippen molar-refractivity contribution in [3.63, 3.8) is 0 Å². The molecule has 0 radical (unpaired) electrons. The number of hydrogen-bond donors (Lipinski definition) is 3. The Morgan fingerprint density at radius 3 is 2.19 bits per heavy atom. The first kappa shape index (κ1) is 21.1. The molecular weight excluding hydrogens is 434 g/mol. The van der Waals surface area contributed by atoms with Gasteiger partial charge in [-0.1, -0.05) is 54.1 Å². The highest BCUT2D eigenvalue weighted by Crippen LogP contribution is 2.43. The number of carbonyl (C=O) groups excluding carboxylic acids is 2. The molecule has 7 nitrogen and oxygen atoms in total. The number of carboxylic acids is 1. The lowest BCUT2D eigenvalue weighted by atomic mass is 9.95. The number of amides is 1. The second kappa shape index (κ2) is 8.20. The minimum absolute atomic E-state index is 0.0781. The van der Waals surface area contributed by atoms with Crippen LogP contribution in [-0.2, 0) is 9.59 Å². The quantitative estimate of drug-likeness (QED) is 0.309. The minimum atomic E-state index is -1.40. The number of anilines is 1. The normalized spacial score (nSPS) is 17.5. The molecule has 0 spiro atoms. The third kappa shape index (κ3) is 3.59. The van der Waals surface area contributed by atoms with Crippen LogP contribution in [0.15, 0.2) is 78.4 Å². The minimum Gasteiger partial charge on any atom is -0.507 e. The molecule has 1 amide bonds. The predicted molar refractivity (Wildman–Crippen MR) is 118 cm³/mol. The molecule has 1 saturated heterocycles. The van der Waals surface area contributed by atoms with Gasteiger partial charge in [-0.15, -0.1) is 0 Å². The number of aliphatic hydroxyl groups excluding tert-OH is 1. The van der Waals surface area contributed by atoms with E-state index in [4.69, 9.17) is 11.6 Å². The Balaban J connectivity index is 1.96. The zero-order valence-corrected chi connectivity index (χ0v) is 17.2. The number of phenols is 1. The van der Waals surface area contributed by atoms with E-state index in [1.807, 2.05) is 0 Å². The number of carboxylic acid groups (broad SMARTS) is 1. The summed E-state index contributed by atoms with van der Waals surface area (Å²) in [5.74, 6) is -4.09. The van der Waals surface area contributed by atoms with Crippen LogP contribution < -0.4 is 4.90 Å². The summed E-state index contributed by atoms with van der Waals surface area (Å²) >= 11 is 6.00. The van der Waals surface area contributed by atoms with Gasteiger partial charge in [-0.05, 0) is 35.9 Å². The molecule has 1 fully saturated rings. The van der Waals surface area contributed by atoms with Crippen LogP contribution in [-0.4, -0.2) is 33.0 Å². The first-order valence-electron chi connectivity index (χ1n) is 9.48. The fourth-order valence-electron chi connectivity index (χ4n) is 3.66. The number of aliphatic hydroxyl groups is 1. The van der Waals surface area contributed by atoms with Crippen LogP contribution >= 0.6 is 11.6 Å². The average molecular weight is 450 g/mol. The Morgan fingerprint density at radius 2 is 1.56 bits per heavy atom. The molecule has 1 aliphatic rings. The number of halogens is 1. The zero-order valence-electron chi connectivity index (χ0n) is 16.4. The Morgan fingerprint density at radius 1 is 0.906 bits per heavy atom. The van der Waals surface area contributed by atoms with E-state index in [-0.39, 0.29) is 17.0 Å². The molecule has 0 saturated carbocycles. The van der Waals surface area contributed by atoms with Crippen molar-refractivity contribution in [2.24, 2.45) is 0 Å². The molecule has 3 aromatic carbocycles. The molecule has 3 aromatic rings. The zero-order chi connectivity index (χ0) is 23.0. The topological polar surface area (TPSA) is 115 Å². The summed E-state index contributed by atoms with van der Waals surface area (Å²) in [5.41, 5.74) is 0.336. The van der Waals surface area contributed by atoms with Gasteiger partial charge in [0.25, 0.3) is 11.7 Å². The van der Waals surface area contributed by atoms with E-state index in [1.165, 1.54) is 6.07 Å². The van der Waals surface area contributed by atoms with E-state index < -0.39 is 35.0 Å². The van der Waals surface area contributed by atoms with Crippen molar-refractivity contribution in [1.29, 1.82) is 0 Å². The second-order valence-electron chi connectivity index (χ2n) is 7.09. The number of Topliss-reactive ketones (excluding diaryl/α,β-unsaturated/α-hetero) is 1. The number of rotatable bonds is 4. The van der Waals surface area contributed by atoms with E-state index in [2.05, 4.69) is 0 Å². The van der Waals surface area contributed by atoms with Gasteiger partial charge in [-0.3, -0.25) is 14.5 Å². The Hall–Kier alpha value is -4.10. The lowest BCUT2D eigenvalue weighted by Gasteiger charge is -2.26. The van der Waals surface area contributed by atoms with Crippen LogP contribution in [0.3, 0.4) is 0 Å². The summed E-state index contributed by atoms with van der Waals surface area (Å²) in [5, 5.41) is 30.6. The van der Waals surface area contributed by atoms with Crippen molar-refractivity contribution in [2.45, 2.75) is 6.04 Å². The van der Waals surface area contributed by atoms with Crippen LogP contribution in [0.2, 0.25) is 5.02 Å². The van der Waals surface area contributed by atoms with E-state index in [9.17, 15) is 29.7 Å². The molecule has 0 aromatic heterocycles. The number of nitrogens with zero attached hydrogens (tertiary/aromatic N) is 1. The van der Waals surface area contributed by atoms with Crippen molar-refractivity contribution in [3.05, 3.63) is 100 Å². The summed E-state index contributed by atoms with van der Waals surface area (Å²) in [4.78, 5) is 38.7. The highest BCUT2D eigenvalue weighted by molar-refractivity contribution is 6.51. The average Bonchev–Trinajstić information content (AvgIpc) is 3.05. The van der Waals surface area contributed by atoms with Crippen molar-refractivity contribution >= 4 is 40.7 Å². The maximum atomic E-state index is 13.1. The van der Waals surface area contributed by atoms with Gasteiger partial charge < -0.3 is 15.3 Å². The first-order valence-corrected chi connectivity index (χ1v) is 9.85. The number of ketones is 1. The monoisotopic (exact) mass is 449 g/mol. The molecule has 1 unspecified atom stereocenters. The van der Waals surface area contributed by atoms with Gasteiger partial charge in [0, 0.05) is 16.3 Å². The lowest BCUT2D eigenvalue weighted by Crippen LogP contribution is -2.29. The van der Waals surface area contributed by atoms with E-state index in [0.717, 1.165) is 17.0 Å². The fourth-order valence-corrected chi connectivity index (χ4v) is 3.78. The van der Waals surface area contributed by atoms with E-state index in [1.54, 1.807) is 54.6 Å². The summed E-state index contributed by atoms with van der Waals surface area (Å²) in [6, 6.07) is 17.2. The van der Waals surface area contributed by atoms with Crippen molar-refractivity contribution < 1.29 is 29.7 Å². The standard InChI is InChI=1S/C24H16ClNO6/c25-15-8-6-13(7-9-15)20-19(21(28)14-4-2-1-3-5-14)22(29)23(30)26(20)16-10-11-18(27)17(12-16)24(31)32/h1-12,20,27-28H,(H,31,32)/b21-19-. The maximum Gasteiger partial charge on any atom is 0.339 e. The molecule has 0 aliphatic carbocycles. The van der Waals surface area contributed by atoms with E-state index in [0.29, 0.717) is 16.1 Å². The van der Waals surface area contributed by atoms with Crippen molar-refractivity contribution in [1.82, 2.24) is 0 Å². The van der Waals surface area contributed by atoms with Gasteiger partial charge in [-0.25, -0.2) is 4.79 Å². The number of aromatic hydroxyl groups is 1. The van der Waals surface area contributed by atoms with Crippen LogP contribution in [0.5, 0.6) is 5.75 Å². The Bertz CT molecular complexity index is 1270. The molecule has 0 bridgehead atoms. The molecule has 160 valence electrons. The summed E-state index contributed by atoms with van der Waals surface area (Å²) in [6.07, 6.45) is 0. The smallest absolute Gasteiger partial charge is 0.339 e. The molecule has 8 heteroatoms. The van der Waals surface area contributed by atoms with E-state index >= 15 is 0 Å². The largest absolute Gasteiger partial charge is 0.507 e. The van der Waals surface area contributed by atoms with Crippen LogP contribution in [0, 0.1) is 0 Å². The SMILES string of the molecule is O=C1C(=O)N(c2ccc(O)c(C(=O)O)c2)C(c2ccc(Cl)cc2)/C1=C(/O)c1ccccc1. The molecule has 4 rings (SSSR count). The molecule has 32 heavy (non-hydrogen) atoms. The molecule has 1 aliphatic heterocycles. The van der Waals surface area contributed by atoms with Crippen LogP contribution in [0.1, 0.15) is 27.5 Å². The van der Waals surface area contributed by atoms with Crippen LogP contribution in [0.25, 0.3) is 5.76 Å². The van der Waals surface area contributed by atoms with Gasteiger partial charge in [0.1, 0.15) is 17.1 Å². The predicted octanol–water partition coefficient (Wildman–Crippen LogP) is 4.37. The fraction of sp³-hybridized carbons (Fsp3) is 0.0417.